The third-order valence-corrected chi connectivity index (χ3v) is 1.77. The zero-order valence-corrected chi connectivity index (χ0v) is 9.15. The molecule has 0 unspecified atom stereocenters. The van der Waals surface area contributed by atoms with Crippen molar-refractivity contribution in [1.82, 2.24) is 15.5 Å². The Morgan fingerprint density at radius 3 is 3.00 bits per heavy atom. The highest BCUT2D eigenvalue weighted by molar-refractivity contribution is 4.85. The van der Waals surface area contributed by atoms with Crippen LogP contribution in [0.25, 0.3) is 0 Å². The van der Waals surface area contributed by atoms with E-state index in [9.17, 15) is 0 Å². The molecule has 0 aliphatic carbocycles. The van der Waals surface area contributed by atoms with Crippen molar-refractivity contribution in [2.24, 2.45) is 0 Å². The number of hydrogen-bond donors (Lipinski definition) is 1. The number of rotatable bonds is 8. The molecule has 0 atom stereocenters. The van der Waals surface area contributed by atoms with Crippen molar-refractivity contribution >= 4 is 0 Å². The molecule has 0 fully saturated rings. The van der Waals surface area contributed by atoms with Gasteiger partial charge in [0.25, 0.3) is 5.89 Å². The summed E-state index contributed by atoms with van der Waals surface area (Å²) in [4.78, 5) is 4.16. The number of ether oxygens (including phenoxy) is 2. The van der Waals surface area contributed by atoms with Crippen LogP contribution in [0, 0.1) is 0 Å². The molecule has 0 saturated carbocycles. The van der Waals surface area contributed by atoms with Crippen LogP contribution >= 0.6 is 0 Å². The highest BCUT2D eigenvalue weighted by Crippen LogP contribution is 1.99. The molecule has 0 spiro atoms. The van der Waals surface area contributed by atoms with E-state index < -0.39 is 0 Å². The van der Waals surface area contributed by atoms with Gasteiger partial charge in [0.15, 0.2) is 5.82 Å². The van der Waals surface area contributed by atoms with Crippen LogP contribution in [0.5, 0.6) is 0 Å². The maximum atomic E-state index is 5.24. The van der Waals surface area contributed by atoms with Gasteiger partial charge in [0.1, 0.15) is 6.61 Å². The summed E-state index contributed by atoms with van der Waals surface area (Å²) in [5, 5.41) is 6.83. The van der Waals surface area contributed by atoms with E-state index in [1.165, 1.54) is 0 Å². The molecule has 6 heteroatoms. The van der Waals surface area contributed by atoms with Gasteiger partial charge in [0.05, 0.1) is 13.2 Å². The maximum Gasteiger partial charge on any atom is 0.252 e. The molecule has 0 bridgehead atoms. The van der Waals surface area contributed by atoms with Crippen molar-refractivity contribution in [2.45, 2.75) is 13.0 Å². The lowest BCUT2D eigenvalue weighted by Gasteiger charge is -1.98. The van der Waals surface area contributed by atoms with E-state index in [-0.39, 0.29) is 0 Å². The fraction of sp³-hybridized carbons (Fsp3) is 0.778. The molecule has 1 rings (SSSR count). The van der Waals surface area contributed by atoms with Crippen molar-refractivity contribution < 1.29 is 14.0 Å². The number of nitrogens with zero attached hydrogens (tertiary/aromatic N) is 2. The lowest BCUT2D eigenvalue weighted by molar-refractivity contribution is 0.0494. The fourth-order valence-electron chi connectivity index (χ4n) is 0.989. The molecule has 0 aromatic carbocycles. The summed E-state index contributed by atoms with van der Waals surface area (Å²) in [5.41, 5.74) is 0. The quantitative estimate of drug-likeness (QED) is 0.615. The summed E-state index contributed by atoms with van der Waals surface area (Å²) in [7, 11) is 3.51. The monoisotopic (exact) mass is 215 g/mol. The van der Waals surface area contributed by atoms with Crippen molar-refractivity contribution in [1.29, 1.82) is 0 Å². The van der Waals surface area contributed by atoms with Crippen LogP contribution in [0.1, 0.15) is 11.7 Å². The van der Waals surface area contributed by atoms with Gasteiger partial charge in [-0.05, 0) is 7.05 Å². The van der Waals surface area contributed by atoms with Crippen molar-refractivity contribution in [3.8, 4) is 0 Å². The first-order chi connectivity index (χ1) is 7.36. The minimum atomic E-state index is 0.343. The molecule has 1 heterocycles. The van der Waals surface area contributed by atoms with Gasteiger partial charge in [0.2, 0.25) is 0 Å². The van der Waals surface area contributed by atoms with E-state index >= 15 is 0 Å². The fourth-order valence-corrected chi connectivity index (χ4v) is 0.989. The van der Waals surface area contributed by atoms with Crippen molar-refractivity contribution in [3.63, 3.8) is 0 Å². The highest BCUT2D eigenvalue weighted by atomic mass is 16.5. The van der Waals surface area contributed by atoms with E-state index in [0.29, 0.717) is 31.5 Å². The van der Waals surface area contributed by atoms with E-state index in [1.54, 1.807) is 7.11 Å². The highest BCUT2D eigenvalue weighted by Gasteiger charge is 2.05. The minimum Gasteiger partial charge on any atom is -0.382 e. The Balaban J connectivity index is 2.20. The molecule has 0 aliphatic rings. The minimum absolute atomic E-state index is 0.343. The number of hydrogen-bond acceptors (Lipinski definition) is 6. The Bertz CT molecular complexity index is 265. The molecule has 0 aliphatic heterocycles. The molecule has 15 heavy (non-hydrogen) atoms. The van der Waals surface area contributed by atoms with Gasteiger partial charge in [0, 0.05) is 20.1 Å². The first kappa shape index (κ1) is 12.1. The number of nitrogens with one attached hydrogen (secondary N) is 1. The van der Waals surface area contributed by atoms with Gasteiger partial charge in [-0.15, -0.1) is 0 Å². The molecule has 6 nitrogen and oxygen atoms in total. The largest absolute Gasteiger partial charge is 0.382 e. The zero-order chi connectivity index (χ0) is 10.9. The average molecular weight is 215 g/mol. The summed E-state index contributed by atoms with van der Waals surface area (Å²) in [6.45, 7) is 2.28. The van der Waals surface area contributed by atoms with Gasteiger partial charge < -0.3 is 19.3 Å². The van der Waals surface area contributed by atoms with Crippen LogP contribution < -0.4 is 5.32 Å². The Morgan fingerprint density at radius 1 is 1.40 bits per heavy atom. The predicted molar refractivity (Wildman–Crippen MR) is 53.5 cm³/mol. The first-order valence-corrected chi connectivity index (χ1v) is 4.89. The van der Waals surface area contributed by atoms with Crippen molar-refractivity contribution in [3.05, 3.63) is 11.7 Å². The smallest absolute Gasteiger partial charge is 0.252 e. The zero-order valence-electron chi connectivity index (χ0n) is 9.15. The third kappa shape index (κ3) is 4.87. The average Bonchev–Trinajstić information content (AvgIpc) is 2.69. The molecule has 1 aromatic rings. The van der Waals surface area contributed by atoms with Gasteiger partial charge >= 0.3 is 0 Å². The standard InChI is InChI=1S/C9H17N3O3/c1-10-4-3-8-11-9(15-12-8)7-14-6-5-13-2/h10H,3-7H2,1-2H3. The summed E-state index contributed by atoms with van der Waals surface area (Å²) in [5.74, 6) is 1.21. The number of methoxy groups -OCH3 is 1. The molecule has 86 valence electrons. The van der Waals surface area contributed by atoms with Gasteiger partial charge in [-0.25, -0.2) is 0 Å². The van der Waals surface area contributed by atoms with Gasteiger partial charge in [-0.1, -0.05) is 5.16 Å². The lowest BCUT2D eigenvalue weighted by Crippen LogP contribution is -2.11. The summed E-state index contributed by atoms with van der Waals surface area (Å²) >= 11 is 0. The normalized spacial score (nSPS) is 10.8. The Hall–Kier alpha value is -0.980. The molecule has 0 saturated heterocycles. The van der Waals surface area contributed by atoms with Crippen LogP contribution in [-0.4, -0.2) is 44.1 Å². The second kappa shape index (κ2) is 7.33. The molecular formula is C9H17N3O3. The molecule has 0 radical (unpaired) electrons. The van der Waals surface area contributed by atoms with Gasteiger partial charge in [-0.2, -0.15) is 4.98 Å². The van der Waals surface area contributed by atoms with E-state index in [0.717, 1.165) is 13.0 Å². The molecular weight excluding hydrogens is 198 g/mol. The SMILES string of the molecule is CNCCc1noc(COCCOC)n1. The van der Waals surface area contributed by atoms with E-state index in [2.05, 4.69) is 15.5 Å². The van der Waals surface area contributed by atoms with Crippen LogP contribution in [0.2, 0.25) is 0 Å². The molecule has 0 amide bonds. The number of aromatic nitrogens is 2. The predicted octanol–water partition coefficient (Wildman–Crippen LogP) is -0.00550. The van der Waals surface area contributed by atoms with Crippen molar-refractivity contribution in [2.75, 3.05) is 33.9 Å². The second-order valence-electron chi connectivity index (χ2n) is 3.00. The Kier molecular flexibility index (Phi) is 5.91. The second-order valence-corrected chi connectivity index (χ2v) is 3.00. The first-order valence-electron chi connectivity index (χ1n) is 4.89. The van der Waals surface area contributed by atoms with E-state index in [1.807, 2.05) is 7.05 Å². The summed E-state index contributed by atoms with van der Waals surface area (Å²) < 4.78 is 15.1. The summed E-state index contributed by atoms with van der Waals surface area (Å²) in [6.07, 6.45) is 0.762. The Labute approximate surface area is 88.9 Å². The van der Waals surface area contributed by atoms with Crippen LogP contribution in [0.4, 0.5) is 0 Å². The van der Waals surface area contributed by atoms with Crippen LogP contribution in [0.15, 0.2) is 4.52 Å². The number of likely N-dealkylation sites (N-methyl/N-ethyl adjacent to an activating group) is 1. The van der Waals surface area contributed by atoms with Gasteiger partial charge in [-0.3, -0.25) is 0 Å². The van der Waals surface area contributed by atoms with Crippen LogP contribution in [0.3, 0.4) is 0 Å². The lowest BCUT2D eigenvalue weighted by atomic mass is 10.4. The molecule has 1 N–H and O–H groups in total. The third-order valence-electron chi connectivity index (χ3n) is 1.77. The maximum absolute atomic E-state index is 5.24. The summed E-state index contributed by atoms with van der Waals surface area (Å²) in [6, 6.07) is 0. The van der Waals surface area contributed by atoms with E-state index in [4.69, 9.17) is 14.0 Å². The van der Waals surface area contributed by atoms with Crippen LogP contribution in [-0.2, 0) is 22.5 Å². The topological polar surface area (TPSA) is 69.4 Å². The molecule has 1 aromatic heterocycles. The Morgan fingerprint density at radius 2 is 2.27 bits per heavy atom.